The van der Waals surface area contributed by atoms with Crippen LogP contribution in [0.1, 0.15) is 19.3 Å². The average Bonchev–Trinajstić information content (AvgIpc) is 1.96. The van der Waals surface area contributed by atoms with Crippen LogP contribution in [0.2, 0.25) is 0 Å². The van der Waals surface area contributed by atoms with Crippen molar-refractivity contribution >= 4 is 11.8 Å². The molecular weight excluding hydrogens is 170 g/mol. The lowest BCUT2D eigenvalue weighted by Gasteiger charge is -2.36. The fourth-order valence-electron chi connectivity index (χ4n) is 1.54. The lowest BCUT2D eigenvalue weighted by atomic mass is 9.85. The van der Waals surface area contributed by atoms with Crippen LogP contribution in [0, 0.1) is 0 Å². The molecule has 1 rings (SSSR count). The minimum absolute atomic E-state index is 0.0185. The third-order valence-electron chi connectivity index (χ3n) is 2.40. The van der Waals surface area contributed by atoms with Crippen LogP contribution in [0.5, 0.6) is 0 Å². The van der Waals surface area contributed by atoms with Gasteiger partial charge in [-0.25, -0.2) is 0 Å². The third kappa shape index (κ3) is 2.42. The summed E-state index contributed by atoms with van der Waals surface area (Å²) in [5.41, 5.74) is 10.2. The van der Waals surface area contributed by atoms with E-state index < -0.39 is 11.4 Å². The van der Waals surface area contributed by atoms with Gasteiger partial charge in [-0.2, -0.15) is 0 Å². The smallest absolute Gasteiger partial charge is 0.224 e. The first kappa shape index (κ1) is 9.98. The zero-order valence-corrected chi connectivity index (χ0v) is 7.75. The molecule has 0 aliphatic carbocycles. The highest BCUT2D eigenvalue weighted by Gasteiger charge is 2.35. The van der Waals surface area contributed by atoms with Gasteiger partial charge in [-0.1, -0.05) is 0 Å². The van der Waals surface area contributed by atoms with Gasteiger partial charge in [0.2, 0.25) is 11.8 Å². The van der Waals surface area contributed by atoms with E-state index in [1.165, 1.54) is 0 Å². The molecule has 5 heteroatoms. The molecule has 0 saturated carbocycles. The Labute approximate surface area is 77.1 Å². The summed E-state index contributed by atoms with van der Waals surface area (Å²) in [7, 11) is 1.73. The molecule has 0 radical (unpaired) electrons. The number of hydrogen-bond acceptors (Lipinski definition) is 3. The minimum atomic E-state index is -0.713. The first-order valence-electron chi connectivity index (χ1n) is 4.24. The molecule has 0 aromatic carbocycles. The molecule has 1 aliphatic rings. The predicted octanol–water partition coefficient (Wildman–Crippen LogP) is -1.19. The Bertz CT molecular complexity index is 242. The zero-order chi connectivity index (χ0) is 10.1. The van der Waals surface area contributed by atoms with E-state index in [0.717, 1.165) is 0 Å². The number of primary amides is 1. The van der Waals surface area contributed by atoms with Crippen LogP contribution < -0.4 is 11.5 Å². The van der Waals surface area contributed by atoms with E-state index in [1.807, 2.05) is 0 Å². The molecule has 0 aromatic rings. The van der Waals surface area contributed by atoms with E-state index in [-0.39, 0.29) is 18.7 Å². The van der Waals surface area contributed by atoms with Crippen LogP contribution in [0.3, 0.4) is 0 Å². The fraction of sp³-hybridized carbons (Fsp3) is 0.750. The van der Waals surface area contributed by atoms with Crippen LogP contribution in [-0.4, -0.2) is 35.8 Å². The van der Waals surface area contributed by atoms with Crippen LogP contribution in [0.15, 0.2) is 0 Å². The maximum atomic E-state index is 11.3. The Kier molecular flexibility index (Phi) is 2.56. The predicted molar refractivity (Wildman–Crippen MR) is 47.6 cm³/mol. The Morgan fingerprint density at radius 1 is 1.69 bits per heavy atom. The molecular formula is C8H15N3O2. The number of hydrogen-bond donors (Lipinski definition) is 2. The topological polar surface area (TPSA) is 89.4 Å². The minimum Gasteiger partial charge on any atom is -0.370 e. The van der Waals surface area contributed by atoms with E-state index in [0.29, 0.717) is 13.0 Å². The normalized spacial score (nSPS) is 29.1. The molecule has 1 unspecified atom stereocenters. The van der Waals surface area contributed by atoms with Gasteiger partial charge in [-0.15, -0.1) is 0 Å². The molecule has 0 bridgehead atoms. The van der Waals surface area contributed by atoms with Gasteiger partial charge in [0.15, 0.2) is 0 Å². The van der Waals surface area contributed by atoms with E-state index in [4.69, 9.17) is 11.5 Å². The van der Waals surface area contributed by atoms with Gasteiger partial charge in [-0.3, -0.25) is 9.59 Å². The van der Waals surface area contributed by atoms with E-state index >= 15 is 0 Å². The lowest BCUT2D eigenvalue weighted by Crippen LogP contribution is -2.53. The van der Waals surface area contributed by atoms with Crippen LogP contribution >= 0.6 is 0 Å². The first-order chi connectivity index (χ1) is 5.93. The number of amides is 2. The van der Waals surface area contributed by atoms with Crippen molar-refractivity contribution in [3.8, 4) is 0 Å². The lowest BCUT2D eigenvalue weighted by molar-refractivity contribution is -0.134. The molecule has 5 nitrogen and oxygen atoms in total. The molecule has 1 aliphatic heterocycles. The summed E-state index contributed by atoms with van der Waals surface area (Å²) in [4.78, 5) is 23.6. The van der Waals surface area contributed by atoms with Crippen LogP contribution in [0.4, 0.5) is 0 Å². The molecule has 1 saturated heterocycles. The molecule has 0 aromatic heterocycles. The van der Waals surface area contributed by atoms with E-state index in [9.17, 15) is 9.59 Å². The largest absolute Gasteiger partial charge is 0.370 e. The van der Waals surface area contributed by atoms with Crippen molar-refractivity contribution in [2.45, 2.75) is 24.8 Å². The second kappa shape index (κ2) is 3.33. The Morgan fingerprint density at radius 2 is 2.31 bits per heavy atom. The van der Waals surface area contributed by atoms with Crippen molar-refractivity contribution in [1.29, 1.82) is 0 Å². The van der Waals surface area contributed by atoms with Crippen molar-refractivity contribution in [2.24, 2.45) is 11.5 Å². The van der Waals surface area contributed by atoms with Gasteiger partial charge < -0.3 is 16.4 Å². The molecule has 1 atom stereocenters. The molecule has 1 heterocycles. The molecule has 4 N–H and O–H groups in total. The van der Waals surface area contributed by atoms with Crippen LogP contribution in [0.25, 0.3) is 0 Å². The molecule has 1 fully saturated rings. The SMILES string of the molecule is CN1CCC(N)(CC(N)=O)CC1=O. The summed E-state index contributed by atoms with van der Waals surface area (Å²) in [6.45, 7) is 0.600. The Balaban J connectivity index is 2.61. The summed E-state index contributed by atoms with van der Waals surface area (Å²) in [5.74, 6) is -0.463. The van der Waals surface area contributed by atoms with Crippen molar-refractivity contribution in [3.05, 3.63) is 0 Å². The Hall–Kier alpha value is -1.10. The average molecular weight is 185 g/mol. The van der Waals surface area contributed by atoms with Gasteiger partial charge in [0.1, 0.15) is 0 Å². The van der Waals surface area contributed by atoms with E-state index in [1.54, 1.807) is 11.9 Å². The van der Waals surface area contributed by atoms with Crippen molar-refractivity contribution in [1.82, 2.24) is 4.90 Å². The van der Waals surface area contributed by atoms with Crippen molar-refractivity contribution in [3.63, 3.8) is 0 Å². The van der Waals surface area contributed by atoms with E-state index in [2.05, 4.69) is 0 Å². The highest BCUT2D eigenvalue weighted by molar-refractivity contribution is 5.81. The zero-order valence-electron chi connectivity index (χ0n) is 7.75. The summed E-state index contributed by atoms with van der Waals surface area (Å²) in [5, 5.41) is 0. The fourth-order valence-corrected chi connectivity index (χ4v) is 1.54. The van der Waals surface area contributed by atoms with Gasteiger partial charge in [0.05, 0.1) is 0 Å². The third-order valence-corrected chi connectivity index (χ3v) is 2.40. The number of nitrogens with zero attached hydrogens (tertiary/aromatic N) is 1. The van der Waals surface area contributed by atoms with Crippen molar-refractivity contribution < 1.29 is 9.59 Å². The van der Waals surface area contributed by atoms with Crippen LogP contribution in [-0.2, 0) is 9.59 Å². The second-order valence-corrected chi connectivity index (χ2v) is 3.75. The summed E-state index contributed by atoms with van der Waals surface area (Å²) in [6, 6.07) is 0. The summed E-state index contributed by atoms with van der Waals surface area (Å²) < 4.78 is 0. The molecule has 13 heavy (non-hydrogen) atoms. The maximum absolute atomic E-state index is 11.3. The summed E-state index contributed by atoms with van der Waals surface area (Å²) >= 11 is 0. The molecule has 2 amide bonds. The van der Waals surface area contributed by atoms with Crippen molar-refractivity contribution in [2.75, 3.05) is 13.6 Å². The van der Waals surface area contributed by atoms with Gasteiger partial charge >= 0.3 is 0 Å². The number of nitrogens with two attached hydrogens (primary N) is 2. The standard InChI is InChI=1S/C8H15N3O2/c1-11-3-2-8(10,4-6(9)12)5-7(11)13/h2-5,10H2,1H3,(H2,9,12). The monoisotopic (exact) mass is 185 g/mol. The number of carbonyl (C=O) groups excluding carboxylic acids is 2. The number of likely N-dealkylation sites (tertiary alicyclic amines) is 1. The first-order valence-corrected chi connectivity index (χ1v) is 4.24. The molecule has 0 spiro atoms. The van der Waals surface area contributed by atoms with Gasteiger partial charge in [0, 0.05) is 32.0 Å². The Morgan fingerprint density at radius 3 is 2.77 bits per heavy atom. The number of piperidine rings is 1. The second-order valence-electron chi connectivity index (χ2n) is 3.75. The van der Waals surface area contributed by atoms with Gasteiger partial charge in [-0.05, 0) is 6.42 Å². The quantitative estimate of drug-likeness (QED) is 0.567. The highest BCUT2D eigenvalue weighted by Crippen LogP contribution is 2.22. The van der Waals surface area contributed by atoms with Gasteiger partial charge in [0.25, 0.3) is 0 Å². The molecule has 74 valence electrons. The maximum Gasteiger partial charge on any atom is 0.224 e. The highest BCUT2D eigenvalue weighted by atomic mass is 16.2. The number of carbonyl (C=O) groups is 2. The number of rotatable bonds is 2. The summed E-state index contributed by atoms with van der Waals surface area (Å²) in [6.07, 6.45) is 0.942.